The van der Waals surface area contributed by atoms with Crippen molar-refractivity contribution in [2.45, 2.75) is 6.61 Å². The van der Waals surface area contributed by atoms with Gasteiger partial charge >= 0.3 is 5.97 Å². The Bertz CT molecular complexity index is 562. The highest BCUT2D eigenvalue weighted by atomic mass is 35.5. The zero-order chi connectivity index (χ0) is 13.1. The molecule has 7 heteroatoms. The molecule has 0 unspecified atom stereocenters. The van der Waals surface area contributed by atoms with Gasteiger partial charge in [-0.05, 0) is 12.1 Å². The number of ether oxygens (including phenoxy) is 1. The maximum Gasteiger partial charge on any atom is 0.342 e. The number of nitrogen functional groups attached to an aromatic ring is 1. The maximum absolute atomic E-state index is 11.8. The van der Waals surface area contributed by atoms with Gasteiger partial charge in [0.15, 0.2) is 12.4 Å². The second-order valence-electron chi connectivity index (χ2n) is 3.58. The van der Waals surface area contributed by atoms with Gasteiger partial charge < -0.3 is 10.5 Å². The number of nitrogens with two attached hydrogens (primary N) is 1. The number of esters is 1. The Hall–Kier alpha value is -2.08. The third-order valence-corrected chi connectivity index (χ3v) is 2.70. The van der Waals surface area contributed by atoms with E-state index in [-0.39, 0.29) is 22.9 Å². The molecule has 2 aromatic rings. The van der Waals surface area contributed by atoms with E-state index in [0.717, 1.165) is 0 Å². The van der Waals surface area contributed by atoms with Crippen molar-refractivity contribution < 1.29 is 9.53 Å². The number of aryl methyl sites for hydroxylation is 1. The summed E-state index contributed by atoms with van der Waals surface area (Å²) in [4.78, 5) is 15.8. The summed E-state index contributed by atoms with van der Waals surface area (Å²) in [5.41, 5.74) is 6.13. The van der Waals surface area contributed by atoms with Gasteiger partial charge in [-0.15, -0.1) is 0 Å². The third-order valence-electron chi connectivity index (χ3n) is 2.39. The number of benzene rings is 1. The van der Waals surface area contributed by atoms with Crippen molar-refractivity contribution in [2.75, 3.05) is 5.73 Å². The Kier molecular flexibility index (Phi) is 3.47. The molecule has 0 aliphatic carbocycles. The molecule has 0 radical (unpaired) electrons. The van der Waals surface area contributed by atoms with Crippen LogP contribution in [-0.4, -0.2) is 20.7 Å². The van der Waals surface area contributed by atoms with Crippen LogP contribution in [0.1, 0.15) is 16.2 Å². The summed E-state index contributed by atoms with van der Waals surface area (Å²) in [6, 6.07) is 4.83. The van der Waals surface area contributed by atoms with Gasteiger partial charge in [0, 0.05) is 12.7 Å². The topological polar surface area (TPSA) is 83.0 Å². The van der Waals surface area contributed by atoms with Crippen LogP contribution >= 0.6 is 11.6 Å². The largest absolute Gasteiger partial charge is 0.454 e. The van der Waals surface area contributed by atoms with Crippen molar-refractivity contribution >= 4 is 23.3 Å². The van der Waals surface area contributed by atoms with E-state index < -0.39 is 5.97 Å². The Morgan fingerprint density at radius 3 is 2.94 bits per heavy atom. The lowest BCUT2D eigenvalue weighted by Gasteiger charge is -2.07. The molecule has 1 heterocycles. The summed E-state index contributed by atoms with van der Waals surface area (Å²) < 4.78 is 6.61. The minimum atomic E-state index is -0.582. The Balaban J connectivity index is 2.11. The summed E-state index contributed by atoms with van der Waals surface area (Å²) in [7, 11) is 1.71. The molecule has 0 atom stereocenters. The number of anilines is 1. The SMILES string of the molecule is Cn1ncnc1COC(=O)c1c(N)cccc1Cl. The molecule has 0 aliphatic heterocycles. The number of nitrogens with zero attached hydrogens (tertiary/aromatic N) is 3. The molecule has 6 nitrogen and oxygen atoms in total. The first-order valence-electron chi connectivity index (χ1n) is 5.13. The van der Waals surface area contributed by atoms with Crippen LogP contribution < -0.4 is 5.73 Å². The number of aromatic nitrogens is 3. The zero-order valence-electron chi connectivity index (χ0n) is 9.63. The van der Waals surface area contributed by atoms with Crippen molar-refractivity contribution in [3.05, 3.63) is 40.9 Å². The molecular weight excluding hydrogens is 256 g/mol. The molecule has 94 valence electrons. The summed E-state index contributed by atoms with van der Waals surface area (Å²) in [6.45, 7) is 0.0139. The molecule has 0 saturated heterocycles. The molecule has 2 N–H and O–H groups in total. The standard InChI is InChI=1S/C11H11ClN4O2/c1-16-9(14-6-15-16)5-18-11(17)10-7(12)3-2-4-8(10)13/h2-4,6H,5,13H2,1H3. The Labute approximate surface area is 108 Å². The predicted octanol–water partition coefficient (Wildman–Crippen LogP) is 1.41. The van der Waals surface area contributed by atoms with Crippen LogP contribution in [0, 0.1) is 0 Å². The van der Waals surface area contributed by atoms with Crippen LogP contribution in [0.4, 0.5) is 5.69 Å². The molecule has 0 aliphatic rings. The van der Waals surface area contributed by atoms with Crippen molar-refractivity contribution in [1.29, 1.82) is 0 Å². The van der Waals surface area contributed by atoms with E-state index in [1.165, 1.54) is 11.0 Å². The fraction of sp³-hybridized carbons (Fsp3) is 0.182. The van der Waals surface area contributed by atoms with Gasteiger partial charge in [-0.25, -0.2) is 9.78 Å². The molecule has 0 amide bonds. The van der Waals surface area contributed by atoms with Crippen LogP contribution in [0.25, 0.3) is 0 Å². The lowest BCUT2D eigenvalue weighted by Crippen LogP contribution is -2.11. The molecule has 0 fully saturated rings. The quantitative estimate of drug-likeness (QED) is 0.671. The smallest absolute Gasteiger partial charge is 0.342 e. The van der Waals surface area contributed by atoms with Gasteiger partial charge in [0.1, 0.15) is 11.9 Å². The van der Waals surface area contributed by atoms with Crippen molar-refractivity contribution in [1.82, 2.24) is 14.8 Å². The second-order valence-corrected chi connectivity index (χ2v) is 3.99. The zero-order valence-corrected chi connectivity index (χ0v) is 10.4. The first-order chi connectivity index (χ1) is 8.59. The molecule has 18 heavy (non-hydrogen) atoms. The fourth-order valence-corrected chi connectivity index (χ4v) is 1.67. The number of rotatable bonds is 3. The molecular formula is C11H11ClN4O2. The summed E-state index contributed by atoms with van der Waals surface area (Å²) in [6.07, 6.45) is 1.38. The summed E-state index contributed by atoms with van der Waals surface area (Å²) >= 11 is 5.90. The van der Waals surface area contributed by atoms with Gasteiger partial charge in [-0.2, -0.15) is 5.10 Å². The monoisotopic (exact) mass is 266 g/mol. The van der Waals surface area contributed by atoms with Gasteiger partial charge in [-0.3, -0.25) is 4.68 Å². The Morgan fingerprint density at radius 1 is 1.56 bits per heavy atom. The van der Waals surface area contributed by atoms with Gasteiger partial charge in [0.2, 0.25) is 0 Å². The van der Waals surface area contributed by atoms with E-state index in [1.54, 1.807) is 25.2 Å². The maximum atomic E-state index is 11.8. The van der Waals surface area contributed by atoms with Crippen LogP contribution in [0.3, 0.4) is 0 Å². The van der Waals surface area contributed by atoms with E-state index in [2.05, 4.69) is 10.1 Å². The molecule has 0 bridgehead atoms. The van der Waals surface area contributed by atoms with E-state index in [4.69, 9.17) is 22.1 Å². The number of carbonyl (C=O) groups is 1. The van der Waals surface area contributed by atoms with E-state index in [9.17, 15) is 4.79 Å². The fourth-order valence-electron chi connectivity index (χ4n) is 1.41. The van der Waals surface area contributed by atoms with Crippen molar-refractivity contribution in [3.8, 4) is 0 Å². The van der Waals surface area contributed by atoms with Crippen LogP contribution in [0.15, 0.2) is 24.5 Å². The minimum absolute atomic E-state index is 0.0139. The molecule has 0 saturated carbocycles. The number of halogens is 1. The lowest BCUT2D eigenvalue weighted by atomic mass is 10.2. The second kappa shape index (κ2) is 5.05. The molecule has 1 aromatic heterocycles. The van der Waals surface area contributed by atoms with Gasteiger partial charge in [0.25, 0.3) is 0 Å². The minimum Gasteiger partial charge on any atom is -0.454 e. The first kappa shape index (κ1) is 12.4. The molecule has 0 spiro atoms. The van der Waals surface area contributed by atoms with E-state index in [1.807, 2.05) is 0 Å². The number of carbonyl (C=O) groups excluding carboxylic acids is 1. The highest BCUT2D eigenvalue weighted by Crippen LogP contribution is 2.22. The average Bonchev–Trinajstić information content (AvgIpc) is 2.72. The third kappa shape index (κ3) is 2.43. The van der Waals surface area contributed by atoms with Gasteiger partial charge in [-0.1, -0.05) is 17.7 Å². The normalized spacial score (nSPS) is 10.3. The highest BCUT2D eigenvalue weighted by Gasteiger charge is 2.16. The summed E-state index contributed by atoms with van der Waals surface area (Å²) in [5, 5.41) is 4.13. The lowest BCUT2D eigenvalue weighted by molar-refractivity contribution is 0.0459. The Morgan fingerprint density at radius 2 is 2.33 bits per heavy atom. The van der Waals surface area contributed by atoms with E-state index in [0.29, 0.717) is 5.82 Å². The highest BCUT2D eigenvalue weighted by molar-refractivity contribution is 6.34. The van der Waals surface area contributed by atoms with E-state index >= 15 is 0 Å². The predicted molar refractivity (Wildman–Crippen MR) is 66.0 cm³/mol. The number of hydrogen-bond donors (Lipinski definition) is 1. The molecule has 2 rings (SSSR count). The van der Waals surface area contributed by atoms with Gasteiger partial charge in [0.05, 0.1) is 5.02 Å². The van der Waals surface area contributed by atoms with Crippen LogP contribution in [0.2, 0.25) is 5.02 Å². The van der Waals surface area contributed by atoms with Crippen molar-refractivity contribution in [2.24, 2.45) is 7.05 Å². The summed E-state index contributed by atoms with van der Waals surface area (Å²) in [5.74, 6) is -0.0462. The average molecular weight is 267 g/mol. The first-order valence-corrected chi connectivity index (χ1v) is 5.51. The number of hydrogen-bond acceptors (Lipinski definition) is 5. The molecule has 1 aromatic carbocycles. The van der Waals surface area contributed by atoms with Crippen LogP contribution in [0.5, 0.6) is 0 Å². The van der Waals surface area contributed by atoms with Crippen molar-refractivity contribution in [3.63, 3.8) is 0 Å². The van der Waals surface area contributed by atoms with Crippen LogP contribution in [-0.2, 0) is 18.4 Å².